The van der Waals surface area contributed by atoms with Gasteiger partial charge in [0, 0.05) is 43.1 Å². The standard InChI is InChI=1S/C34H43FN4O6/c1-34(2,3)24-15-22(26(40)20-39-19-23-17-27(42-4)32(44-6)30(35)29(23)33(39)37)16-25(38-12-10-21(18-36)11-13-38)31(24)45-14-8-7-9-28(41)43-5/h15-17,21,37H,7-14,19-20H2,1-6H3. The van der Waals surface area contributed by atoms with Gasteiger partial charge in [0.1, 0.15) is 11.6 Å². The third-order valence-corrected chi connectivity index (χ3v) is 8.41. The van der Waals surface area contributed by atoms with Crippen LogP contribution in [0.5, 0.6) is 17.2 Å². The van der Waals surface area contributed by atoms with E-state index in [1.54, 1.807) is 11.0 Å². The number of nitrogens with zero attached hydrogens (tertiary/aromatic N) is 3. The number of nitrogens with one attached hydrogen (secondary N) is 1. The highest BCUT2D eigenvalue weighted by molar-refractivity contribution is 6.06. The predicted molar refractivity (Wildman–Crippen MR) is 168 cm³/mol. The van der Waals surface area contributed by atoms with Crippen LogP contribution in [0.3, 0.4) is 0 Å². The fourth-order valence-electron chi connectivity index (χ4n) is 5.84. The van der Waals surface area contributed by atoms with Crippen molar-refractivity contribution in [1.82, 2.24) is 4.90 Å². The molecule has 242 valence electrons. The van der Waals surface area contributed by atoms with Gasteiger partial charge in [-0.3, -0.25) is 15.0 Å². The molecule has 11 heteroatoms. The normalized spacial score (nSPS) is 15.0. The number of amidine groups is 1. The van der Waals surface area contributed by atoms with Crippen molar-refractivity contribution in [3.05, 3.63) is 46.3 Å². The molecule has 2 aliphatic rings. The van der Waals surface area contributed by atoms with Crippen LogP contribution in [0.1, 0.15) is 79.9 Å². The van der Waals surface area contributed by atoms with Gasteiger partial charge < -0.3 is 28.7 Å². The Balaban J connectivity index is 1.65. The van der Waals surface area contributed by atoms with Gasteiger partial charge in [0.25, 0.3) is 0 Å². The lowest BCUT2D eigenvalue weighted by atomic mass is 9.84. The SMILES string of the molecule is COC(=O)CCCCOc1c(N2CCC(C#N)CC2)cc(C(=O)CN2Cc3cc(OC)c(OC)c(F)c3C2=N)cc1C(C)(C)C. The first kappa shape index (κ1) is 33.6. The van der Waals surface area contributed by atoms with Gasteiger partial charge >= 0.3 is 5.97 Å². The lowest BCUT2D eigenvalue weighted by Crippen LogP contribution is -2.34. The molecule has 0 unspecified atom stereocenters. The number of ketones is 1. The number of Topliss-reactive ketones (excluding diaryl/α,β-unsaturated/α-hetero) is 1. The van der Waals surface area contributed by atoms with Gasteiger partial charge in [0.2, 0.25) is 0 Å². The summed E-state index contributed by atoms with van der Waals surface area (Å²) in [6.07, 6.45) is 3.00. The second-order valence-electron chi connectivity index (χ2n) is 12.5. The highest BCUT2D eigenvalue weighted by Gasteiger charge is 2.34. The minimum Gasteiger partial charge on any atom is -0.493 e. The monoisotopic (exact) mass is 622 g/mol. The highest BCUT2D eigenvalue weighted by Crippen LogP contribution is 2.42. The van der Waals surface area contributed by atoms with Crippen LogP contribution in [-0.4, -0.2) is 70.1 Å². The third kappa shape index (κ3) is 7.32. The Hall–Kier alpha value is -4.33. The number of carbonyl (C=O) groups excluding carboxylic acids is 2. The van der Waals surface area contributed by atoms with Crippen LogP contribution in [0.2, 0.25) is 0 Å². The van der Waals surface area contributed by atoms with Crippen molar-refractivity contribution in [1.29, 1.82) is 10.7 Å². The number of rotatable bonds is 12. The molecule has 0 aromatic heterocycles. The highest BCUT2D eigenvalue weighted by atomic mass is 19.1. The fraction of sp³-hybridized carbons (Fsp3) is 0.529. The fourth-order valence-corrected chi connectivity index (χ4v) is 5.84. The van der Waals surface area contributed by atoms with E-state index in [-0.39, 0.29) is 59.1 Å². The zero-order chi connectivity index (χ0) is 32.9. The van der Waals surface area contributed by atoms with E-state index in [0.29, 0.717) is 68.7 Å². The molecule has 0 amide bonds. The van der Waals surface area contributed by atoms with Crippen LogP contribution < -0.4 is 19.1 Å². The van der Waals surface area contributed by atoms with Crippen molar-refractivity contribution in [3.8, 4) is 23.3 Å². The molecular weight excluding hydrogens is 579 g/mol. The lowest BCUT2D eigenvalue weighted by Gasteiger charge is -2.35. The van der Waals surface area contributed by atoms with E-state index >= 15 is 4.39 Å². The number of hydrogen-bond donors (Lipinski definition) is 1. The topological polar surface area (TPSA) is 125 Å². The molecule has 45 heavy (non-hydrogen) atoms. The van der Waals surface area contributed by atoms with Gasteiger partial charge in [-0.15, -0.1) is 0 Å². The largest absolute Gasteiger partial charge is 0.493 e. The molecule has 4 rings (SSSR count). The summed E-state index contributed by atoms with van der Waals surface area (Å²) in [6, 6.07) is 7.72. The van der Waals surface area contributed by atoms with Gasteiger partial charge in [0.05, 0.1) is 51.8 Å². The quantitative estimate of drug-likeness (QED) is 0.182. The average molecular weight is 623 g/mol. The summed E-state index contributed by atoms with van der Waals surface area (Å²) < 4.78 is 37.0. The van der Waals surface area contributed by atoms with Gasteiger partial charge in [-0.05, 0) is 54.9 Å². The Morgan fingerprint density at radius 2 is 1.78 bits per heavy atom. The van der Waals surface area contributed by atoms with Crippen molar-refractivity contribution in [2.24, 2.45) is 5.92 Å². The van der Waals surface area contributed by atoms with E-state index in [1.165, 1.54) is 21.3 Å². The summed E-state index contributed by atoms with van der Waals surface area (Å²) in [5, 5.41) is 18.2. The number of esters is 1. The number of methoxy groups -OCH3 is 3. The number of benzene rings is 2. The van der Waals surface area contributed by atoms with Crippen LogP contribution in [-0.2, 0) is 21.5 Å². The van der Waals surface area contributed by atoms with E-state index in [1.807, 2.05) is 12.1 Å². The molecule has 0 spiro atoms. The molecule has 10 nitrogen and oxygen atoms in total. The summed E-state index contributed by atoms with van der Waals surface area (Å²) in [6.45, 7) is 7.92. The van der Waals surface area contributed by atoms with Crippen LogP contribution in [0, 0.1) is 28.5 Å². The number of ether oxygens (including phenoxy) is 4. The molecule has 0 radical (unpaired) electrons. The van der Waals surface area contributed by atoms with Gasteiger partial charge in [-0.2, -0.15) is 5.26 Å². The summed E-state index contributed by atoms with van der Waals surface area (Å²) in [5.41, 5.74) is 2.39. The van der Waals surface area contributed by atoms with Crippen LogP contribution >= 0.6 is 0 Å². The molecule has 1 N–H and O–H groups in total. The number of hydrogen-bond acceptors (Lipinski definition) is 9. The number of nitriles is 1. The molecule has 2 heterocycles. The Labute approximate surface area is 264 Å². The Morgan fingerprint density at radius 1 is 1.07 bits per heavy atom. The van der Waals surface area contributed by atoms with E-state index in [4.69, 9.17) is 24.4 Å². The lowest BCUT2D eigenvalue weighted by molar-refractivity contribution is -0.140. The molecule has 2 aromatic rings. The number of anilines is 1. The van der Waals surface area contributed by atoms with E-state index in [9.17, 15) is 14.9 Å². The van der Waals surface area contributed by atoms with E-state index < -0.39 is 5.82 Å². The number of halogens is 1. The number of piperidine rings is 1. The summed E-state index contributed by atoms with van der Waals surface area (Å²) in [5.74, 6) is -0.410. The van der Waals surface area contributed by atoms with Crippen molar-refractivity contribution in [3.63, 3.8) is 0 Å². The Morgan fingerprint density at radius 3 is 2.38 bits per heavy atom. The molecular formula is C34H43FN4O6. The predicted octanol–water partition coefficient (Wildman–Crippen LogP) is 5.63. The summed E-state index contributed by atoms with van der Waals surface area (Å²) in [4.78, 5) is 29.2. The maximum absolute atomic E-state index is 15.3. The third-order valence-electron chi connectivity index (χ3n) is 8.41. The summed E-state index contributed by atoms with van der Waals surface area (Å²) in [7, 11) is 4.14. The van der Waals surface area contributed by atoms with Gasteiger partial charge in [0.15, 0.2) is 23.1 Å². The zero-order valence-electron chi connectivity index (χ0n) is 27.0. The average Bonchev–Trinajstić information content (AvgIpc) is 3.34. The van der Waals surface area contributed by atoms with Crippen molar-refractivity contribution in [2.45, 2.75) is 64.8 Å². The number of fused-ring (bicyclic) bond motifs is 1. The molecule has 2 aliphatic heterocycles. The maximum atomic E-state index is 15.3. The molecule has 2 aromatic carbocycles. The van der Waals surface area contributed by atoms with Crippen molar-refractivity contribution < 1.29 is 32.9 Å². The first-order chi connectivity index (χ1) is 21.4. The molecule has 0 saturated carbocycles. The zero-order valence-corrected chi connectivity index (χ0v) is 27.0. The van der Waals surface area contributed by atoms with Gasteiger partial charge in [-0.1, -0.05) is 20.8 Å². The number of carbonyl (C=O) groups is 2. The number of unbranched alkanes of at least 4 members (excludes halogenated alkanes) is 1. The first-order valence-corrected chi connectivity index (χ1v) is 15.3. The van der Waals surface area contributed by atoms with Crippen molar-refractivity contribution >= 4 is 23.3 Å². The molecule has 0 aliphatic carbocycles. The Bertz CT molecular complexity index is 1490. The molecule has 1 saturated heterocycles. The van der Waals surface area contributed by atoms with Crippen LogP contribution in [0.4, 0.5) is 10.1 Å². The second kappa shape index (κ2) is 14.2. The molecule has 1 fully saturated rings. The Kier molecular flexibility index (Phi) is 10.6. The molecule has 0 bridgehead atoms. The first-order valence-electron chi connectivity index (χ1n) is 15.3. The maximum Gasteiger partial charge on any atom is 0.305 e. The van der Waals surface area contributed by atoms with Crippen LogP contribution in [0.25, 0.3) is 0 Å². The van der Waals surface area contributed by atoms with Gasteiger partial charge in [-0.25, -0.2) is 4.39 Å². The summed E-state index contributed by atoms with van der Waals surface area (Å²) >= 11 is 0. The molecule has 0 atom stereocenters. The van der Waals surface area contributed by atoms with Crippen molar-refractivity contribution in [2.75, 3.05) is 52.5 Å². The minimum absolute atomic E-state index is 0.0173. The smallest absolute Gasteiger partial charge is 0.305 e. The minimum atomic E-state index is -0.682. The van der Waals surface area contributed by atoms with E-state index in [0.717, 1.165) is 11.3 Å². The van der Waals surface area contributed by atoms with Crippen LogP contribution in [0.15, 0.2) is 18.2 Å². The second-order valence-corrected chi connectivity index (χ2v) is 12.5. The van der Waals surface area contributed by atoms with E-state index in [2.05, 4.69) is 31.7 Å².